The van der Waals surface area contributed by atoms with Gasteiger partial charge in [-0.2, -0.15) is 0 Å². The summed E-state index contributed by atoms with van der Waals surface area (Å²) in [4.78, 5) is 0. The van der Waals surface area contributed by atoms with Crippen molar-refractivity contribution in [3.05, 3.63) is 34.6 Å². The molecule has 1 aromatic carbocycles. The van der Waals surface area contributed by atoms with Gasteiger partial charge in [0.25, 0.3) is 0 Å². The lowest BCUT2D eigenvalue weighted by Gasteiger charge is -2.36. The zero-order valence-electron chi connectivity index (χ0n) is 12.0. The van der Waals surface area contributed by atoms with Gasteiger partial charge in [-0.3, -0.25) is 0 Å². The SMILES string of the molecule is CCCNC1CCC(O)(Cc2ccc(F)cc2Cl)CC1. The number of hydrogen-bond acceptors (Lipinski definition) is 2. The summed E-state index contributed by atoms with van der Waals surface area (Å²) in [5.41, 5.74) is 0.127. The van der Waals surface area contributed by atoms with Crippen molar-refractivity contribution in [3.8, 4) is 0 Å². The first-order chi connectivity index (χ1) is 9.52. The van der Waals surface area contributed by atoms with Crippen molar-refractivity contribution in [3.63, 3.8) is 0 Å². The highest BCUT2D eigenvalue weighted by atomic mass is 35.5. The molecule has 1 aliphatic carbocycles. The van der Waals surface area contributed by atoms with Gasteiger partial charge in [0.2, 0.25) is 0 Å². The molecular formula is C16H23ClFNO. The van der Waals surface area contributed by atoms with Crippen LogP contribution in [0.5, 0.6) is 0 Å². The van der Waals surface area contributed by atoms with E-state index < -0.39 is 5.60 Å². The van der Waals surface area contributed by atoms with Crippen LogP contribution < -0.4 is 5.32 Å². The third-order valence-electron chi connectivity index (χ3n) is 4.13. The minimum Gasteiger partial charge on any atom is -0.390 e. The average molecular weight is 300 g/mol. The van der Waals surface area contributed by atoms with E-state index in [0.29, 0.717) is 17.5 Å². The van der Waals surface area contributed by atoms with Crippen LogP contribution in [0.4, 0.5) is 4.39 Å². The molecule has 1 aromatic rings. The van der Waals surface area contributed by atoms with Crippen molar-refractivity contribution < 1.29 is 9.50 Å². The summed E-state index contributed by atoms with van der Waals surface area (Å²) in [6, 6.07) is 4.91. The maximum absolute atomic E-state index is 13.0. The third-order valence-corrected chi connectivity index (χ3v) is 4.49. The summed E-state index contributed by atoms with van der Waals surface area (Å²) in [5, 5.41) is 14.6. The molecule has 0 heterocycles. The summed E-state index contributed by atoms with van der Waals surface area (Å²) < 4.78 is 13.0. The van der Waals surface area contributed by atoms with Gasteiger partial charge in [-0.15, -0.1) is 0 Å². The van der Waals surface area contributed by atoms with Crippen molar-refractivity contribution in [1.29, 1.82) is 0 Å². The van der Waals surface area contributed by atoms with E-state index in [4.69, 9.17) is 11.6 Å². The first kappa shape index (κ1) is 15.7. The van der Waals surface area contributed by atoms with Crippen LogP contribution in [0.1, 0.15) is 44.6 Å². The summed E-state index contributed by atoms with van der Waals surface area (Å²) in [7, 11) is 0. The highest BCUT2D eigenvalue weighted by molar-refractivity contribution is 6.31. The smallest absolute Gasteiger partial charge is 0.124 e. The lowest BCUT2D eigenvalue weighted by molar-refractivity contribution is -0.00306. The van der Waals surface area contributed by atoms with Crippen LogP contribution in [-0.2, 0) is 6.42 Å². The summed E-state index contributed by atoms with van der Waals surface area (Å²) in [6.45, 7) is 3.19. The van der Waals surface area contributed by atoms with Crippen molar-refractivity contribution in [2.24, 2.45) is 0 Å². The monoisotopic (exact) mass is 299 g/mol. The van der Waals surface area contributed by atoms with E-state index in [1.54, 1.807) is 6.07 Å². The Bertz CT molecular complexity index is 444. The maximum atomic E-state index is 13.0. The van der Waals surface area contributed by atoms with Gasteiger partial charge in [0, 0.05) is 17.5 Å². The largest absolute Gasteiger partial charge is 0.390 e. The number of aliphatic hydroxyl groups is 1. The Labute approximate surface area is 125 Å². The summed E-state index contributed by atoms with van der Waals surface area (Å²) >= 11 is 6.04. The third kappa shape index (κ3) is 4.18. The number of hydrogen-bond donors (Lipinski definition) is 2. The van der Waals surface area contributed by atoms with Crippen LogP contribution in [0.3, 0.4) is 0 Å². The molecule has 112 valence electrons. The molecule has 0 bridgehead atoms. The molecule has 0 aliphatic heterocycles. The van der Waals surface area contributed by atoms with E-state index in [0.717, 1.165) is 44.2 Å². The lowest BCUT2D eigenvalue weighted by atomic mass is 9.78. The molecule has 4 heteroatoms. The van der Waals surface area contributed by atoms with E-state index in [-0.39, 0.29) is 5.82 Å². The van der Waals surface area contributed by atoms with Crippen LogP contribution in [0.2, 0.25) is 5.02 Å². The normalized spacial score (nSPS) is 26.7. The molecule has 0 atom stereocenters. The molecule has 1 fully saturated rings. The van der Waals surface area contributed by atoms with Gasteiger partial charge in [0.15, 0.2) is 0 Å². The van der Waals surface area contributed by atoms with Gasteiger partial charge in [-0.1, -0.05) is 24.6 Å². The maximum Gasteiger partial charge on any atom is 0.124 e. The Morgan fingerprint density at radius 2 is 2.10 bits per heavy atom. The number of nitrogens with one attached hydrogen (secondary N) is 1. The molecule has 0 aromatic heterocycles. The van der Waals surface area contributed by atoms with Crippen molar-refractivity contribution in [2.75, 3.05) is 6.54 Å². The molecule has 0 radical (unpaired) electrons. The number of rotatable bonds is 5. The fourth-order valence-electron chi connectivity index (χ4n) is 2.90. The predicted molar refractivity (Wildman–Crippen MR) is 80.6 cm³/mol. The Morgan fingerprint density at radius 1 is 1.40 bits per heavy atom. The Hall–Kier alpha value is -0.640. The fraction of sp³-hybridized carbons (Fsp3) is 0.625. The van der Waals surface area contributed by atoms with Crippen LogP contribution in [0.15, 0.2) is 18.2 Å². The molecule has 0 spiro atoms. The average Bonchev–Trinajstić information content (AvgIpc) is 2.42. The molecule has 20 heavy (non-hydrogen) atoms. The first-order valence-corrected chi connectivity index (χ1v) is 7.80. The molecule has 1 aliphatic rings. The van der Waals surface area contributed by atoms with Gasteiger partial charge in [0.05, 0.1) is 5.60 Å². The lowest BCUT2D eigenvalue weighted by Crippen LogP contribution is -2.42. The van der Waals surface area contributed by atoms with E-state index >= 15 is 0 Å². The molecule has 0 unspecified atom stereocenters. The van der Waals surface area contributed by atoms with Crippen LogP contribution in [-0.4, -0.2) is 23.3 Å². The van der Waals surface area contributed by atoms with Gasteiger partial charge >= 0.3 is 0 Å². The van der Waals surface area contributed by atoms with Crippen LogP contribution in [0, 0.1) is 5.82 Å². The molecule has 1 saturated carbocycles. The van der Waals surface area contributed by atoms with Gasteiger partial charge < -0.3 is 10.4 Å². The summed E-state index contributed by atoms with van der Waals surface area (Å²) in [5.74, 6) is -0.335. The number of halogens is 2. The zero-order chi connectivity index (χ0) is 14.6. The Morgan fingerprint density at radius 3 is 2.70 bits per heavy atom. The minimum absolute atomic E-state index is 0.335. The topological polar surface area (TPSA) is 32.3 Å². The molecule has 2 rings (SSSR count). The standard InChI is InChI=1S/C16H23ClFNO/c1-2-9-19-14-5-7-16(20,8-6-14)11-12-3-4-13(18)10-15(12)17/h3-4,10,14,19-20H,2,5-9,11H2,1H3. The van der Waals surface area contributed by atoms with Gasteiger partial charge in [0.1, 0.15) is 5.82 Å². The zero-order valence-corrected chi connectivity index (χ0v) is 12.7. The van der Waals surface area contributed by atoms with E-state index in [1.807, 2.05) is 0 Å². The van der Waals surface area contributed by atoms with E-state index in [1.165, 1.54) is 12.1 Å². The number of benzene rings is 1. The van der Waals surface area contributed by atoms with Crippen molar-refractivity contribution in [1.82, 2.24) is 5.32 Å². The Kier molecular flexibility index (Phi) is 5.42. The second-order valence-electron chi connectivity index (χ2n) is 5.87. The highest BCUT2D eigenvalue weighted by Gasteiger charge is 2.33. The van der Waals surface area contributed by atoms with Crippen molar-refractivity contribution >= 4 is 11.6 Å². The fourth-order valence-corrected chi connectivity index (χ4v) is 3.14. The van der Waals surface area contributed by atoms with Gasteiger partial charge in [-0.05, 0) is 56.3 Å². The van der Waals surface area contributed by atoms with Crippen molar-refractivity contribution in [2.45, 2.75) is 57.1 Å². The second-order valence-corrected chi connectivity index (χ2v) is 6.27. The predicted octanol–water partition coefficient (Wildman–Crippen LogP) is 3.69. The molecular weight excluding hydrogens is 277 g/mol. The quantitative estimate of drug-likeness (QED) is 0.869. The summed E-state index contributed by atoms with van der Waals surface area (Å²) in [6.07, 6.45) is 5.13. The van der Waals surface area contributed by atoms with E-state index in [9.17, 15) is 9.50 Å². The molecule has 0 amide bonds. The minimum atomic E-state index is -0.703. The highest BCUT2D eigenvalue weighted by Crippen LogP contribution is 2.33. The molecule has 2 N–H and O–H groups in total. The van der Waals surface area contributed by atoms with Crippen LogP contribution >= 0.6 is 11.6 Å². The van der Waals surface area contributed by atoms with Crippen LogP contribution in [0.25, 0.3) is 0 Å². The Balaban J connectivity index is 1.93. The second kappa shape index (κ2) is 6.88. The molecule has 0 saturated heterocycles. The first-order valence-electron chi connectivity index (χ1n) is 7.42. The molecule has 2 nitrogen and oxygen atoms in total. The van der Waals surface area contributed by atoms with E-state index in [2.05, 4.69) is 12.2 Å². The van der Waals surface area contributed by atoms with Gasteiger partial charge in [-0.25, -0.2) is 4.39 Å².